The highest BCUT2D eigenvalue weighted by Crippen LogP contribution is 2.25. The minimum absolute atomic E-state index is 0.156. The van der Waals surface area contributed by atoms with E-state index >= 15 is 0 Å². The molecule has 1 fully saturated rings. The van der Waals surface area contributed by atoms with E-state index in [9.17, 15) is 4.79 Å². The molecular weight excluding hydrogens is 426 g/mol. The lowest BCUT2D eigenvalue weighted by atomic mass is 10.1. The lowest BCUT2D eigenvalue weighted by Gasteiger charge is -2.32. The summed E-state index contributed by atoms with van der Waals surface area (Å²) in [5.74, 6) is -0.156. The van der Waals surface area contributed by atoms with Crippen molar-refractivity contribution in [3.05, 3.63) is 64.1 Å². The summed E-state index contributed by atoms with van der Waals surface area (Å²) in [6.45, 7) is 8.97. The average Bonchev–Trinajstić information content (AvgIpc) is 2.83. The number of nitrogens with one attached hydrogen (secondary N) is 1. The van der Waals surface area contributed by atoms with E-state index in [0.717, 1.165) is 29.8 Å². The van der Waals surface area contributed by atoms with Gasteiger partial charge in [-0.3, -0.25) is 9.78 Å². The number of carbonyl (C=O) groups excluding carboxylic acids is 1. The zero-order valence-electron chi connectivity index (χ0n) is 18.5. The molecule has 5 N–H and O–H groups in total. The number of nitrogens with zero attached hydrogens (tertiary/aromatic N) is 4. The van der Waals surface area contributed by atoms with Gasteiger partial charge in [-0.1, -0.05) is 17.7 Å². The van der Waals surface area contributed by atoms with Crippen LogP contribution in [0.25, 0.3) is 5.70 Å². The zero-order valence-corrected chi connectivity index (χ0v) is 19.3. The van der Waals surface area contributed by atoms with E-state index in [0.29, 0.717) is 42.5 Å². The van der Waals surface area contributed by atoms with Gasteiger partial charge in [0, 0.05) is 68.0 Å². The zero-order chi connectivity index (χ0) is 23.7. The topological polar surface area (TPSA) is 124 Å². The number of piperazine rings is 1. The van der Waals surface area contributed by atoms with Crippen molar-refractivity contribution in [2.24, 2.45) is 5.73 Å². The second-order valence-corrected chi connectivity index (χ2v) is 7.96. The third kappa shape index (κ3) is 6.13. The molecule has 0 spiro atoms. The summed E-state index contributed by atoms with van der Waals surface area (Å²) in [7, 11) is 2.05. The maximum Gasteiger partial charge on any atom is 0.271 e. The molecule has 3 rings (SSSR count). The molecule has 1 aromatic heterocycles. The van der Waals surface area contributed by atoms with Crippen LogP contribution in [-0.2, 0) is 11.2 Å². The molecule has 0 aliphatic carbocycles. The summed E-state index contributed by atoms with van der Waals surface area (Å²) >= 11 is 6.14. The van der Waals surface area contributed by atoms with Gasteiger partial charge in [0.25, 0.3) is 5.91 Å². The van der Waals surface area contributed by atoms with Crippen LogP contribution in [0.2, 0.25) is 5.02 Å². The Kier molecular flexibility index (Phi) is 9.32. The highest BCUT2D eigenvalue weighted by molar-refractivity contribution is 6.31. The van der Waals surface area contributed by atoms with Crippen molar-refractivity contribution in [2.75, 3.05) is 45.5 Å². The van der Waals surface area contributed by atoms with Crippen LogP contribution in [0.3, 0.4) is 0 Å². The molecule has 1 saturated heterocycles. The van der Waals surface area contributed by atoms with Gasteiger partial charge >= 0.3 is 0 Å². The van der Waals surface area contributed by atoms with Crippen molar-refractivity contribution in [1.82, 2.24) is 20.1 Å². The minimum Gasteiger partial charge on any atom is -0.398 e. The molecule has 0 saturated carbocycles. The van der Waals surface area contributed by atoms with Gasteiger partial charge in [0.15, 0.2) is 0 Å². The maximum atomic E-state index is 13.0. The Balaban J connectivity index is 0.00000176. The number of amides is 1. The number of nitrogens with two attached hydrogens (primary N) is 2. The number of benzene rings is 1. The Bertz CT molecular complexity index is 967. The van der Waals surface area contributed by atoms with E-state index in [2.05, 4.69) is 21.8 Å². The number of halogens is 1. The summed E-state index contributed by atoms with van der Waals surface area (Å²) in [6.07, 6.45) is 4.06. The Hall–Kier alpha value is -3.28. The standard InChI is InChI=1S/C22H29ClN6O.CHN/c1-15-18(23)6-5-16(19(15)24)7-9-27-21(17-4-3-8-26-14-17)20(25)22(30)29-12-10-28(2)11-13-29;1-2/h3-6,8,14,27H,7,9-13,24-25H2,1-2H3;1H/b21-20-;. The predicted octanol–water partition coefficient (Wildman–Crippen LogP) is 2.00. The van der Waals surface area contributed by atoms with Gasteiger partial charge in [-0.15, -0.1) is 0 Å². The molecule has 2 aromatic rings. The SMILES string of the molecule is C#N.Cc1c(Cl)ccc(CCN/C(=C(\N)C(=O)N2CCN(C)CC2)c2cccnc2)c1N. The van der Waals surface area contributed by atoms with Crippen LogP contribution in [0.1, 0.15) is 16.7 Å². The van der Waals surface area contributed by atoms with E-state index in [1.165, 1.54) is 0 Å². The molecule has 32 heavy (non-hydrogen) atoms. The normalized spacial score (nSPS) is 14.7. The molecule has 0 unspecified atom stereocenters. The number of hydrogen-bond acceptors (Lipinski definition) is 7. The van der Waals surface area contributed by atoms with E-state index in [4.69, 9.17) is 28.3 Å². The molecule has 1 aliphatic heterocycles. The lowest BCUT2D eigenvalue weighted by Crippen LogP contribution is -2.48. The lowest BCUT2D eigenvalue weighted by molar-refractivity contribution is -0.128. The van der Waals surface area contributed by atoms with E-state index in [1.807, 2.05) is 38.2 Å². The van der Waals surface area contributed by atoms with Crippen molar-refractivity contribution in [3.63, 3.8) is 0 Å². The van der Waals surface area contributed by atoms with E-state index < -0.39 is 0 Å². The van der Waals surface area contributed by atoms with Crippen LogP contribution < -0.4 is 16.8 Å². The first-order valence-corrected chi connectivity index (χ1v) is 10.7. The van der Waals surface area contributed by atoms with Crippen molar-refractivity contribution >= 4 is 28.9 Å². The molecule has 0 radical (unpaired) electrons. The molecule has 9 heteroatoms. The summed E-state index contributed by atoms with van der Waals surface area (Å²) in [5, 5.41) is 10.5. The van der Waals surface area contributed by atoms with Gasteiger partial charge < -0.3 is 26.6 Å². The Morgan fingerprint density at radius 2 is 1.94 bits per heavy atom. The molecule has 0 bridgehead atoms. The van der Waals surface area contributed by atoms with Crippen LogP contribution in [0.15, 0.2) is 42.4 Å². The van der Waals surface area contributed by atoms with E-state index in [-0.39, 0.29) is 11.6 Å². The first kappa shape index (κ1) is 25.0. The summed E-state index contributed by atoms with van der Waals surface area (Å²) in [6, 6.07) is 7.50. The van der Waals surface area contributed by atoms with Crippen LogP contribution in [0.4, 0.5) is 5.69 Å². The number of carbonyl (C=O) groups is 1. The van der Waals surface area contributed by atoms with Crippen LogP contribution in [0, 0.1) is 18.8 Å². The summed E-state index contributed by atoms with van der Waals surface area (Å²) < 4.78 is 0. The molecule has 0 atom stereocenters. The summed E-state index contributed by atoms with van der Waals surface area (Å²) in [4.78, 5) is 21.2. The first-order valence-electron chi connectivity index (χ1n) is 10.3. The number of aromatic nitrogens is 1. The van der Waals surface area contributed by atoms with Gasteiger partial charge in [-0.05, 0) is 49.7 Å². The molecule has 170 valence electrons. The molecule has 1 amide bonds. The molecular formula is C23H30ClN7O. The fraction of sp³-hybridized carbons (Fsp3) is 0.348. The van der Waals surface area contributed by atoms with Crippen LogP contribution in [-0.4, -0.2) is 60.5 Å². The number of nitriles is 1. The average molecular weight is 456 g/mol. The smallest absolute Gasteiger partial charge is 0.271 e. The molecule has 1 aliphatic rings. The second kappa shape index (κ2) is 11.9. The highest BCUT2D eigenvalue weighted by Gasteiger charge is 2.23. The first-order chi connectivity index (χ1) is 15.4. The van der Waals surface area contributed by atoms with Gasteiger partial charge in [-0.25, -0.2) is 5.26 Å². The van der Waals surface area contributed by atoms with E-state index in [1.54, 1.807) is 17.3 Å². The number of likely N-dealkylation sites (N-methyl/N-ethyl adjacent to an activating group) is 1. The number of hydrogen-bond donors (Lipinski definition) is 3. The number of nitrogen functional groups attached to an aromatic ring is 1. The highest BCUT2D eigenvalue weighted by atomic mass is 35.5. The number of pyridine rings is 1. The van der Waals surface area contributed by atoms with Crippen LogP contribution >= 0.6 is 11.6 Å². The Morgan fingerprint density at radius 1 is 1.25 bits per heavy atom. The minimum atomic E-state index is -0.156. The molecule has 2 heterocycles. The van der Waals surface area contributed by atoms with Crippen molar-refractivity contribution < 1.29 is 4.79 Å². The fourth-order valence-corrected chi connectivity index (χ4v) is 3.61. The Morgan fingerprint density at radius 3 is 2.56 bits per heavy atom. The maximum absolute atomic E-state index is 13.0. The second-order valence-electron chi connectivity index (χ2n) is 7.55. The fourth-order valence-electron chi connectivity index (χ4n) is 3.45. The summed E-state index contributed by atoms with van der Waals surface area (Å²) in [5.41, 5.74) is 16.7. The number of anilines is 1. The van der Waals surface area contributed by atoms with Gasteiger partial charge in [-0.2, -0.15) is 0 Å². The largest absolute Gasteiger partial charge is 0.398 e. The quantitative estimate of drug-likeness (QED) is 0.449. The predicted molar refractivity (Wildman–Crippen MR) is 128 cm³/mol. The molecule has 1 aromatic carbocycles. The van der Waals surface area contributed by atoms with Crippen molar-refractivity contribution in [2.45, 2.75) is 13.3 Å². The van der Waals surface area contributed by atoms with Gasteiger partial charge in [0.05, 0.1) is 5.70 Å². The number of rotatable bonds is 6. The van der Waals surface area contributed by atoms with Crippen molar-refractivity contribution in [1.29, 1.82) is 5.26 Å². The van der Waals surface area contributed by atoms with Gasteiger partial charge in [0.2, 0.25) is 0 Å². The third-order valence-corrected chi connectivity index (χ3v) is 5.89. The molecule has 8 nitrogen and oxygen atoms in total. The monoisotopic (exact) mass is 455 g/mol. The van der Waals surface area contributed by atoms with Crippen molar-refractivity contribution in [3.8, 4) is 6.57 Å². The van der Waals surface area contributed by atoms with Crippen LogP contribution in [0.5, 0.6) is 0 Å². The Labute approximate surface area is 194 Å². The third-order valence-electron chi connectivity index (χ3n) is 5.48. The van der Waals surface area contributed by atoms with Gasteiger partial charge in [0.1, 0.15) is 5.70 Å².